The molecule has 0 fully saturated rings. The van der Waals surface area contributed by atoms with Crippen molar-refractivity contribution in [2.75, 3.05) is 0 Å². The zero-order chi connectivity index (χ0) is 8.60. The van der Waals surface area contributed by atoms with Crippen LogP contribution in [0.25, 0.3) is 0 Å². The Morgan fingerprint density at radius 3 is 3.09 bits per heavy atom. The largest absolute Gasteiger partial charge is 0.388 e. The highest BCUT2D eigenvalue weighted by molar-refractivity contribution is 5.30. The van der Waals surface area contributed by atoms with Crippen molar-refractivity contribution in [3.05, 3.63) is 35.4 Å². The summed E-state index contributed by atoms with van der Waals surface area (Å²) in [5.41, 5.74) is 1.91. The maximum atomic E-state index is 9.69. The van der Waals surface area contributed by atoms with Crippen LogP contribution in [0.5, 0.6) is 0 Å². The molecule has 2 rings (SSSR count). The van der Waals surface area contributed by atoms with E-state index in [0.717, 1.165) is 24.0 Å². The lowest BCUT2D eigenvalue weighted by molar-refractivity contribution is 0.156. The van der Waals surface area contributed by atoms with Gasteiger partial charge in [0.25, 0.3) is 0 Å². The SMILES string of the molecule is [2H]C1(O)CCCc2ccccc21. The summed E-state index contributed by atoms with van der Waals surface area (Å²) in [5, 5.41) is 9.69. The van der Waals surface area contributed by atoms with Crippen LogP contribution >= 0.6 is 0 Å². The van der Waals surface area contributed by atoms with Crippen molar-refractivity contribution < 1.29 is 6.48 Å². The van der Waals surface area contributed by atoms with E-state index in [2.05, 4.69) is 0 Å². The number of benzene rings is 1. The number of aryl methyl sites for hydroxylation is 1. The predicted molar refractivity (Wildman–Crippen MR) is 44.3 cm³/mol. The Hall–Kier alpha value is -0.820. The summed E-state index contributed by atoms with van der Waals surface area (Å²) < 4.78 is 7.66. The molecular weight excluding hydrogens is 136 g/mol. The minimum Gasteiger partial charge on any atom is -0.388 e. The molecule has 0 saturated heterocycles. The normalized spacial score (nSPS) is 30.8. The lowest BCUT2D eigenvalue weighted by Crippen LogP contribution is -2.08. The van der Waals surface area contributed by atoms with Gasteiger partial charge >= 0.3 is 0 Å². The lowest BCUT2D eigenvalue weighted by atomic mass is 9.90. The molecule has 1 N–H and O–H groups in total. The second kappa shape index (κ2) is 2.67. The molecule has 0 heterocycles. The molecule has 1 nitrogen and oxygen atoms in total. The molecule has 1 atom stereocenters. The van der Waals surface area contributed by atoms with Gasteiger partial charge in [0.05, 0.1) is 7.45 Å². The van der Waals surface area contributed by atoms with Gasteiger partial charge in [-0.15, -0.1) is 0 Å². The zero-order valence-electron chi connectivity index (χ0n) is 7.38. The Bertz CT molecular complexity index is 294. The molecule has 1 heteroatoms. The van der Waals surface area contributed by atoms with E-state index in [-0.39, 0.29) is 0 Å². The van der Waals surface area contributed by atoms with Gasteiger partial charge < -0.3 is 5.11 Å². The first-order chi connectivity index (χ1) is 5.70. The lowest BCUT2D eigenvalue weighted by Gasteiger charge is -2.20. The quantitative estimate of drug-likeness (QED) is 0.598. The third-order valence-corrected chi connectivity index (χ3v) is 2.19. The molecule has 1 aromatic carbocycles. The van der Waals surface area contributed by atoms with Crippen LogP contribution in [0.15, 0.2) is 24.3 Å². The maximum Gasteiger partial charge on any atom is 0.0792 e. The van der Waals surface area contributed by atoms with E-state index in [9.17, 15) is 5.11 Å². The molecular formula is C10H12O. The van der Waals surface area contributed by atoms with E-state index < -0.39 is 6.08 Å². The van der Waals surface area contributed by atoms with E-state index in [1.165, 1.54) is 0 Å². The monoisotopic (exact) mass is 149 g/mol. The van der Waals surface area contributed by atoms with Crippen LogP contribution in [0.4, 0.5) is 0 Å². The number of fused-ring (bicyclic) bond motifs is 1. The van der Waals surface area contributed by atoms with E-state index >= 15 is 0 Å². The van der Waals surface area contributed by atoms with Gasteiger partial charge in [-0.2, -0.15) is 0 Å². The number of rotatable bonds is 0. The molecule has 1 aliphatic carbocycles. The van der Waals surface area contributed by atoms with Crippen LogP contribution in [0.2, 0.25) is 0 Å². The standard InChI is InChI=1S/C10H12O/c11-10-7-3-5-8-4-1-2-6-9(8)10/h1-2,4,6,10-11H,3,5,7H2/i10D. The van der Waals surface area contributed by atoms with Gasteiger partial charge in [0.2, 0.25) is 0 Å². The second-order valence-electron chi connectivity index (χ2n) is 2.96. The first-order valence-corrected chi connectivity index (χ1v) is 4.01. The van der Waals surface area contributed by atoms with Crippen LogP contribution in [0.3, 0.4) is 0 Å². The summed E-state index contributed by atoms with van der Waals surface area (Å²) in [6, 6.07) is 7.68. The molecule has 58 valence electrons. The van der Waals surface area contributed by atoms with E-state index in [0.29, 0.717) is 6.42 Å². The van der Waals surface area contributed by atoms with Gasteiger partial charge in [-0.05, 0) is 30.4 Å². The summed E-state index contributed by atoms with van der Waals surface area (Å²) in [5.74, 6) is 0. The first-order valence-electron chi connectivity index (χ1n) is 4.51. The highest BCUT2D eigenvalue weighted by Gasteiger charge is 2.15. The molecule has 0 bridgehead atoms. The third kappa shape index (κ3) is 1.16. The summed E-state index contributed by atoms with van der Waals surface area (Å²) in [6.45, 7) is 0. The van der Waals surface area contributed by atoms with Crippen LogP contribution < -0.4 is 0 Å². The number of hydrogen-bond donors (Lipinski definition) is 1. The average Bonchev–Trinajstić information content (AvgIpc) is 2.04. The molecule has 1 aromatic rings. The Kier molecular flexibility index (Phi) is 1.40. The number of aliphatic hydroxyl groups is 1. The minimum atomic E-state index is -1.34. The van der Waals surface area contributed by atoms with Gasteiger partial charge in [0.1, 0.15) is 0 Å². The van der Waals surface area contributed by atoms with Gasteiger partial charge in [0, 0.05) is 0 Å². The minimum absolute atomic E-state index is 0.560. The Morgan fingerprint density at radius 1 is 1.45 bits per heavy atom. The average molecular weight is 149 g/mol. The van der Waals surface area contributed by atoms with Gasteiger partial charge in [-0.25, -0.2) is 0 Å². The topological polar surface area (TPSA) is 20.2 Å². The Balaban J connectivity index is 2.52. The molecule has 11 heavy (non-hydrogen) atoms. The van der Waals surface area contributed by atoms with Crippen LogP contribution in [-0.4, -0.2) is 5.11 Å². The molecule has 0 spiro atoms. The molecule has 0 radical (unpaired) electrons. The highest BCUT2D eigenvalue weighted by Crippen LogP contribution is 2.28. The van der Waals surface area contributed by atoms with E-state index in [1.807, 2.05) is 24.3 Å². The van der Waals surface area contributed by atoms with Gasteiger partial charge in [-0.3, -0.25) is 0 Å². The summed E-state index contributed by atoms with van der Waals surface area (Å²) in [4.78, 5) is 0. The van der Waals surface area contributed by atoms with Gasteiger partial charge in [-0.1, -0.05) is 24.3 Å². The predicted octanol–water partition coefficient (Wildman–Crippen LogP) is 2.06. The van der Waals surface area contributed by atoms with Crippen molar-refractivity contribution in [3.63, 3.8) is 0 Å². The van der Waals surface area contributed by atoms with Crippen molar-refractivity contribution >= 4 is 0 Å². The van der Waals surface area contributed by atoms with Crippen LogP contribution in [0, 0.1) is 0 Å². The Labute approximate surface area is 68.1 Å². The fourth-order valence-corrected chi connectivity index (χ4v) is 1.60. The van der Waals surface area contributed by atoms with E-state index in [4.69, 9.17) is 1.37 Å². The Morgan fingerprint density at radius 2 is 2.27 bits per heavy atom. The van der Waals surface area contributed by atoms with Crippen molar-refractivity contribution in [2.24, 2.45) is 0 Å². The van der Waals surface area contributed by atoms with Crippen LogP contribution in [0.1, 0.15) is 31.4 Å². The number of hydrogen-bond acceptors (Lipinski definition) is 1. The zero-order valence-corrected chi connectivity index (χ0v) is 6.38. The van der Waals surface area contributed by atoms with Crippen LogP contribution in [-0.2, 0) is 6.42 Å². The highest BCUT2D eigenvalue weighted by atomic mass is 16.3. The smallest absolute Gasteiger partial charge is 0.0792 e. The van der Waals surface area contributed by atoms with Crippen molar-refractivity contribution in [2.45, 2.75) is 25.3 Å². The van der Waals surface area contributed by atoms with E-state index in [1.54, 1.807) is 0 Å². The molecule has 1 aliphatic rings. The summed E-state index contributed by atoms with van der Waals surface area (Å²) >= 11 is 0. The first kappa shape index (κ1) is 5.78. The fraction of sp³-hybridized carbons (Fsp3) is 0.400. The van der Waals surface area contributed by atoms with Crippen molar-refractivity contribution in [1.29, 1.82) is 0 Å². The molecule has 0 saturated carbocycles. The van der Waals surface area contributed by atoms with Crippen molar-refractivity contribution in [1.82, 2.24) is 0 Å². The molecule has 1 unspecified atom stereocenters. The maximum absolute atomic E-state index is 9.69. The van der Waals surface area contributed by atoms with Crippen molar-refractivity contribution in [3.8, 4) is 0 Å². The molecule has 0 aromatic heterocycles. The van der Waals surface area contributed by atoms with Gasteiger partial charge in [0.15, 0.2) is 0 Å². The third-order valence-electron chi connectivity index (χ3n) is 2.19. The fourth-order valence-electron chi connectivity index (χ4n) is 1.60. The molecule has 0 aliphatic heterocycles. The second-order valence-corrected chi connectivity index (χ2v) is 2.96. The summed E-state index contributed by atoms with van der Waals surface area (Å²) in [6.07, 6.45) is 1.13. The molecule has 0 amide bonds. The summed E-state index contributed by atoms with van der Waals surface area (Å²) in [7, 11) is 0.